The summed E-state index contributed by atoms with van der Waals surface area (Å²) in [4.78, 5) is 0. The molecule has 0 heterocycles. The zero-order chi connectivity index (χ0) is 8.43. The number of halogens is 1. The van der Waals surface area contributed by atoms with Gasteiger partial charge in [0.25, 0.3) is 0 Å². The van der Waals surface area contributed by atoms with Crippen molar-refractivity contribution in [3.05, 3.63) is 28.8 Å². The van der Waals surface area contributed by atoms with E-state index in [-0.39, 0.29) is 0 Å². The molecule has 2 heteroatoms. The molecule has 0 nitrogen and oxygen atoms in total. The molecule has 1 aromatic rings. The monoisotopic (exact) mass is 230 g/mol. The van der Waals surface area contributed by atoms with E-state index in [2.05, 4.69) is 32.9 Å². The van der Waals surface area contributed by atoms with Crippen LogP contribution in [-0.4, -0.2) is 14.5 Å². The van der Waals surface area contributed by atoms with Crippen LogP contribution in [0, 0.1) is 20.8 Å². The molecule has 0 aliphatic carbocycles. The van der Waals surface area contributed by atoms with Crippen molar-refractivity contribution >= 4 is 28.9 Å². The summed E-state index contributed by atoms with van der Waals surface area (Å²) in [6, 6.07) is 4.44. The van der Waals surface area contributed by atoms with Crippen molar-refractivity contribution < 1.29 is 0 Å². The van der Waals surface area contributed by atoms with Crippen molar-refractivity contribution in [3.8, 4) is 0 Å². The van der Waals surface area contributed by atoms with E-state index in [0.717, 1.165) is 0 Å². The molecular weight excluding hydrogens is 216 g/mol. The van der Waals surface area contributed by atoms with Crippen LogP contribution in [0.15, 0.2) is 12.1 Å². The van der Waals surface area contributed by atoms with Crippen molar-refractivity contribution in [2.45, 2.75) is 20.8 Å². The second-order valence-corrected chi connectivity index (χ2v) is 6.44. The van der Waals surface area contributed by atoms with Gasteiger partial charge in [0, 0.05) is 0 Å². The van der Waals surface area contributed by atoms with Crippen molar-refractivity contribution in [1.82, 2.24) is 0 Å². The van der Waals surface area contributed by atoms with E-state index in [1.54, 1.807) is 0 Å². The van der Waals surface area contributed by atoms with E-state index in [0.29, 0.717) is 0 Å². The molecule has 0 aliphatic rings. The second-order valence-electron chi connectivity index (χ2n) is 3.01. The first-order chi connectivity index (χ1) is 5.15. The van der Waals surface area contributed by atoms with Gasteiger partial charge in [-0.2, -0.15) is 0 Å². The normalized spacial score (nSPS) is 11.3. The quantitative estimate of drug-likeness (QED) is 0.641. The topological polar surface area (TPSA) is 0 Å². The Morgan fingerprint density at radius 1 is 1.09 bits per heavy atom. The molecular formula is C9H13ClGe. The molecule has 11 heavy (non-hydrogen) atoms. The Morgan fingerprint density at radius 3 is 1.91 bits per heavy atom. The van der Waals surface area contributed by atoms with Crippen molar-refractivity contribution in [1.29, 1.82) is 0 Å². The molecule has 0 saturated heterocycles. The van der Waals surface area contributed by atoms with Crippen molar-refractivity contribution in [2.75, 3.05) is 0 Å². The Labute approximate surface area is 78.6 Å². The van der Waals surface area contributed by atoms with E-state index in [4.69, 9.17) is 10.0 Å². The van der Waals surface area contributed by atoms with Gasteiger partial charge in [0.1, 0.15) is 0 Å². The average molecular weight is 229 g/mol. The standard InChI is InChI=1S/C9H13ClGe/c1-6-4-7(2)9(11-10)8(3)5-6/h4-5H,11H2,1-3H3. The molecule has 0 fully saturated rings. The van der Waals surface area contributed by atoms with Crippen LogP contribution in [0.2, 0.25) is 0 Å². The van der Waals surface area contributed by atoms with Gasteiger partial charge < -0.3 is 0 Å². The van der Waals surface area contributed by atoms with Crippen LogP contribution >= 0.6 is 10.0 Å². The van der Waals surface area contributed by atoms with Crippen LogP contribution in [-0.2, 0) is 0 Å². The summed E-state index contributed by atoms with van der Waals surface area (Å²) in [6.45, 7) is 6.44. The molecule has 0 radical (unpaired) electrons. The van der Waals surface area contributed by atoms with E-state index >= 15 is 0 Å². The van der Waals surface area contributed by atoms with Gasteiger partial charge in [-0.25, -0.2) is 0 Å². The molecule has 0 atom stereocenters. The molecule has 0 aliphatic heterocycles. The molecule has 0 saturated carbocycles. The fourth-order valence-electron chi connectivity index (χ4n) is 1.42. The van der Waals surface area contributed by atoms with E-state index < -0.39 is 14.5 Å². The van der Waals surface area contributed by atoms with Crippen molar-refractivity contribution in [3.63, 3.8) is 0 Å². The third-order valence-electron chi connectivity index (χ3n) is 1.97. The molecule has 1 rings (SSSR count). The van der Waals surface area contributed by atoms with Gasteiger partial charge in [-0.3, -0.25) is 0 Å². The Bertz CT molecular complexity index is 245. The molecule has 0 spiro atoms. The Morgan fingerprint density at radius 2 is 1.55 bits per heavy atom. The van der Waals surface area contributed by atoms with Crippen LogP contribution in [0.5, 0.6) is 0 Å². The second kappa shape index (κ2) is 3.64. The van der Waals surface area contributed by atoms with Gasteiger partial charge in [-0.1, -0.05) is 0 Å². The molecule has 0 aromatic heterocycles. The van der Waals surface area contributed by atoms with Gasteiger partial charge in [0.15, 0.2) is 0 Å². The predicted molar refractivity (Wildman–Crippen MR) is 54.7 cm³/mol. The van der Waals surface area contributed by atoms with E-state index in [1.807, 2.05) is 0 Å². The SMILES string of the molecule is Cc1cc(C)[c]([GeH2][Cl])c(C)c1. The van der Waals surface area contributed by atoms with Crippen LogP contribution in [0.25, 0.3) is 0 Å². The van der Waals surface area contributed by atoms with Gasteiger partial charge >= 0.3 is 78.5 Å². The first kappa shape index (κ1) is 9.14. The first-order valence-corrected chi connectivity index (χ1v) is 9.16. The maximum absolute atomic E-state index is 5.98. The predicted octanol–water partition coefficient (Wildman–Crippen LogP) is 1.56. The summed E-state index contributed by atoms with van der Waals surface area (Å²) in [5.74, 6) is 0. The van der Waals surface area contributed by atoms with Gasteiger partial charge in [0.2, 0.25) is 0 Å². The van der Waals surface area contributed by atoms with Gasteiger partial charge in [-0.05, 0) is 0 Å². The van der Waals surface area contributed by atoms with Crippen LogP contribution in [0.3, 0.4) is 0 Å². The Kier molecular flexibility index (Phi) is 3.02. The zero-order valence-corrected chi connectivity index (χ0v) is 11.0. The third-order valence-corrected chi connectivity index (χ3v) is 6.26. The van der Waals surface area contributed by atoms with Crippen molar-refractivity contribution in [2.24, 2.45) is 0 Å². The summed E-state index contributed by atoms with van der Waals surface area (Å²) < 4.78 is 1.46. The average Bonchev–Trinajstić information content (AvgIpc) is 1.85. The number of rotatable bonds is 1. The zero-order valence-electron chi connectivity index (χ0n) is 7.24. The molecule has 0 amide bonds. The maximum atomic E-state index is 5.98. The summed E-state index contributed by atoms with van der Waals surface area (Å²) in [5, 5.41) is 0. The van der Waals surface area contributed by atoms with E-state index in [1.165, 1.54) is 21.1 Å². The minimum atomic E-state index is -0.907. The fraction of sp³-hybridized carbons (Fsp3) is 0.333. The minimum absolute atomic E-state index is 0.907. The number of aryl methyl sites for hydroxylation is 3. The van der Waals surface area contributed by atoms with Gasteiger partial charge in [-0.15, -0.1) is 0 Å². The Balaban J connectivity index is 3.25. The van der Waals surface area contributed by atoms with Gasteiger partial charge in [0.05, 0.1) is 0 Å². The molecule has 1 aromatic carbocycles. The molecule has 0 N–H and O–H groups in total. The van der Waals surface area contributed by atoms with Crippen LogP contribution in [0.4, 0.5) is 0 Å². The first-order valence-electron chi connectivity index (χ1n) is 3.78. The molecule has 0 bridgehead atoms. The number of hydrogen-bond acceptors (Lipinski definition) is 0. The summed E-state index contributed by atoms with van der Waals surface area (Å²) >= 11 is -0.907. The molecule has 0 unspecified atom stereocenters. The summed E-state index contributed by atoms with van der Waals surface area (Å²) in [6.07, 6.45) is 0. The third kappa shape index (κ3) is 2.00. The summed E-state index contributed by atoms with van der Waals surface area (Å²) in [7, 11) is 5.98. The fourth-order valence-corrected chi connectivity index (χ4v) is 4.92. The van der Waals surface area contributed by atoms with E-state index in [9.17, 15) is 0 Å². The Hall–Kier alpha value is 0.0529. The van der Waals surface area contributed by atoms with Crippen LogP contribution < -0.4 is 4.40 Å². The summed E-state index contributed by atoms with van der Waals surface area (Å²) in [5.41, 5.74) is 4.12. The molecule has 60 valence electrons. The van der Waals surface area contributed by atoms with Crippen LogP contribution in [0.1, 0.15) is 16.7 Å². The number of benzene rings is 1. The number of hydrogen-bond donors (Lipinski definition) is 0.